The van der Waals surface area contributed by atoms with Gasteiger partial charge < -0.3 is 4.98 Å². The van der Waals surface area contributed by atoms with Crippen LogP contribution in [-0.2, 0) is 0 Å². The lowest BCUT2D eigenvalue weighted by atomic mass is 10.2. The van der Waals surface area contributed by atoms with E-state index in [-0.39, 0.29) is 5.78 Å². The van der Waals surface area contributed by atoms with Crippen LogP contribution in [0.1, 0.15) is 23.5 Å². The first kappa shape index (κ1) is 8.27. The fraction of sp³-hybridized carbons (Fsp3) is 0.429. The largest absolute Gasteiger partial charge is 0.342 e. The van der Waals surface area contributed by atoms with E-state index in [4.69, 9.17) is 11.6 Å². The summed E-state index contributed by atoms with van der Waals surface area (Å²) >= 11 is 5.42. The van der Waals surface area contributed by atoms with E-state index >= 15 is 0 Å². The Balaban J connectivity index is 2.43. The van der Waals surface area contributed by atoms with E-state index in [9.17, 15) is 4.79 Å². The number of imidazole rings is 1. The Kier molecular flexibility index (Phi) is 3.11. The van der Waals surface area contributed by atoms with Crippen molar-refractivity contribution < 1.29 is 4.79 Å². The molecule has 0 atom stereocenters. The number of nitrogens with one attached hydrogen (secondary N) is 1. The van der Waals surface area contributed by atoms with Crippen LogP contribution >= 0.6 is 11.6 Å². The average molecular weight is 173 g/mol. The fourth-order valence-corrected chi connectivity index (χ4v) is 0.897. The van der Waals surface area contributed by atoms with E-state index in [0.717, 1.165) is 0 Å². The summed E-state index contributed by atoms with van der Waals surface area (Å²) in [5.74, 6) is 0.970. The maximum Gasteiger partial charge on any atom is 0.198 e. The molecule has 1 N–H and O–H groups in total. The lowest BCUT2D eigenvalue weighted by molar-refractivity contribution is 0.0973. The van der Waals surface area contributed by atoms with Crippen molar-refractivity contribution in [1.29, 1.82) is 0 Å². The average Bonchev–Trinajstić information content (AvgIpc) is 2.52. The number of carbonyl (C=O) groups excluding carboxylic acids is 1. The Labute approximate surface area is 69.8 Å². The first-order valence-electron chi connectivity index (χ1n) is 3.43. The summed E-state index contributed by atoms with van der Waals surface area (Å²) < 4.78 is 0. The molecular formula is C7H9ClN2O. The summed E-state index contributed by atoms with van der Waals surface area (Å²) in [5, 5.41) is 0. The minimum Gasteiger partial charge on any atom is -0.342 e. The first-order valence-corrected chi connectivity index (χ1v) is 3.96. The van der Waals surface area contributed by atoms with Crippen molar-refractivity contribution in [2.24, 2.45) is 0 Å². The standard InChI is InChI=1S/C7H9ClN2O/c8-3-1-2-6(11)7-9-4-5-10-7/h4-5H,1-3H2,(H,9,10). The van der Waals surface area contributed by atoms with Gasteiger partial charge in [0.15, 0.2) is 11.6 Å². The molecule has 4 heteroatoms. The molecule has 1 rings (SSSR count). The second-order valence-corrected chi connectivity index (χ2v) is 2.53. The highest BCUT2D eigenvalue weighted by atomic mass is 35.5. The molecule has 1 aromatic rings. The van der Waals surface area contributed by atoms with Crippen molar-refractivity contribution in [2.45, 2.75) is 12.8 Å². The second kappa shape index (κ2) is 4.13. The Morgan fingerprint density at radius 3 is 3.09 bits per heavy atom. The lowest BCUT2D eigenvalue weighted by Crippen LogP contribution is -2.01. The third-order valence-electron chi connectivity index (χ3n) is 1.30. The molecule has 0 aliphatic carbocycles. The van der Waals surface area contributed by atoms with Crippen LogP contribution in [0, 0.1) is 0 Å². The van der Waals surface area contributed by atoms with Crippen LogP contribution < -0.4 is 0 Å². The minimum absolute atomic E-state index is 0.0238. The molecular weight excluding hydrogens is 164 g/mol. The highest BCUT2D eigenvalue weighted by Crippen LogP contribution is 1.99. The zero-order valence-electron chi connectivity index (χ0n) is 6.01. The highest BCUT2D eigenvalue weighted by Gasteiger charge is 2.05. The van der Waals surface area contributed by atoms with Crippen molar-refractivity contribution in [3.8, 4) is 0 Å². The van der Waals surface area contributed by atoms with Gasteiger partial charge in [0.25, 0.3) is 0 Å². The molecule has 0 aliphatic rings. The van der Waals surface area contributed by atoms with Gasteiger partial charge in [-0.1, -0.05) is 0 Å². The molecule has 0 unspecified atom stereocenters. The van der Waals surface area contributed by atoms with Gasteiger partial charge in [0.1, 0.15) is 0 Å². The monoisotopic (exact) mass is 172 g/mol. The molecule has 0 aliphatic heterocycles. The van der Waals surface area contributed by atoms with Crippen LogP contribution in [0.3, 0.4) is 0 Å². The zero-order chi connectivity index (χ0) is 8.10. The predicted octanol–water partition coefficient (Wildman–Crippen LogP) is 1.61. The summed E-state index contributed by atoms with van der Waals surface area (Å²) in [5.41, 5.74) is 0. The Hall–Kier alpha value is -0.830. The van der Waals surface area contributed by atoms with Gasteiger partial charge in [-0.2, -0.15) is 0 Å². The van der Waals surface area contributed by atoms with E-state index in [2.05, 4.69) is 9.97 Å². The van der Waals surface area contributed by atoms with Crippen molar-refractivity contribution in [3.05, 3.63) is 18.2 Å². The number of ketones is 1. The number of alkyl halides is 1. The lowest BCUT2D eigenvalue weighted by Gasteiger charge is -1.92. The van der Waals surface area contributed by atoms with Gasteiger partial charge in [-0.3, -0.25) is 4.79 Å². The van der Waals surface area contributed by atoms with Gasteiger partial charge in [0.2, 0.25) is 0 Å². The predicted molar refractivity (Wildman–Crippen MR) is 42.9 cm³/mol. The summed E-state index contributed by atoms with van der Waals surface area (Å²) in [6.07, 6.45) is 4.37. The zero-order valence-corrected chi connectivity index (χ0v) is 6.77. The van der Waals surface area contributed by atoms with Crippen molar-refractivity contribution in [3.63, 3.8) is 0 Å². The molecule has 0 radical (unpaired) electrons. The molecule has 60 valence electrons. The number of rotatable bonds is 4. The third kappa shape index (κ3) is 2.35. The summed E-state index contributed by atoms with van der Waals surface area (Å²) in [6, 6.07) is 0. The molecule has 1 aromatic heterocycles. The maximum atomic E-state index is 11.1. The molecule has 1 heterocycles. The van der Waals surface area contributed by atoms with E-state index in [1.807, 2.05) is 0 Å². The maximum absolute atomic E-state index is 11.1. The van der Waals surface area contributed by atoms with Gasteiger partial charge in [-0.05, 0) is 6.42 Å². The summed E-state index contributed by atoms with van der Waals surface area (Å²) in [4.78, 5) is 17.7. The molecule has 0 aromatic carbocycles. The number of H-pyrrole nitrogens is 1. The normalized spacial score (nSPS) is 9.91. The van der Waals surface area contributed by atoms with Crippen molar-refractivity contribution >= 4 is 17.4 Å². The number of hydrogen-bond acceptors (Lipinski definition) is 2. The van der Waals surface area contributed by atoms with Crippen LogP contribution in [0.5, 0.6) is 0 Å². The van der Waals surface area contributed by atoms with Gasteiger partial charge in [-0.25, -0.2) is 4.98 Å². The van der Waals surface area contributed by atoms with Crippen LogP contribution in [-0.4, -0.2) is 21.6 Å². The number of carbonyl (C=O) groups is 1. The molecule has 0 spiro atoms. The second-order valence-electron chi connectivity index (χ2n) is 2.15. The van der Waals surface area contributed by atoms with E-state index < -0.39 is 0 Å². The molecule has 0 amide bonds. The topological polar surface area (TPSA) is 45.8 Å². The molecule has 3 nitrogen and oxygen atoms in total. The van der Waals surface area contributed by atoms with Gasteiger partial charge in [0.05, 0.1) is 0 Å². The van der Waals surface area contributed by atoms with Gasteiger partial charge in [-0.15, -0.1) is 11.6 Å². The number of hydrogen-bond donors (Lipinski definition) is 1. The first-order chi connectivity index (χ1) is 5.34. The Morgan fingerprint density at radius 2 is 2.55 bits per heavy atom. The van der Waals surface area contributed by atoms with E-state index in [1.54, 1.807) is 12.4 Å². The van der Waals surface area contributed by atoms with Crippen molar-refractivity contribution in [2.75, 3.05) is 5.88 Å². The number of halogens is 1. The smallest absolute Gasteiger partial charge is 0.198 e. The molecule has 0 bridgehead atoms. The molecule has 11 heavy (non-hydrogen) atoms. The van der Waals surface area contributed by atoms with Crippen LogP contribution in [0.2, 0.25) is 0 Å². The van der Waals surface area contributed by atoms with Crippen LogP contribution in [0.25, 0.3) is 0 Å². The number of nitrogens with zero attached hydrogens (tertiary/aromatic N) is 1. The van der Waals surface area contributed by atoms with Crippen LogP contribution in [0.15, 0.2) is 12.4 Å². The third-order valence-corrected chi connectivity index (χ3v) is 1.57. The quantitative estimate of drug-likeness (QED) is 0.554. The van der Waals surface area contributed by atoms with Crippen molar-refractivity contribution in [1.82, 2.24) is 9.97 Å². The molecule has 0 saturated heterocycles. The van der Waals surface area contributed by atoms with Crippen LogP contribution in [0.4, 0.5) is 0 Å². The van der Waals surface area contributed by atoms with Gasteiger partial charge in [0, 0.05) is 24.7 Å². The highest BCUT2D eigenvalue weighted by molar-refractivity contribution is 6.18. The number of aromatic amines is 1. The number of Topliss-reactive ketones (excluding diaryl/α,β-unsaturated/α-hetero) is 1. The fourth-order valence-electron chi connectivity index (χ4n) is 0.764. The van der Waals surface area contributed by atoms with Gasteiger partial charge >= 0.3 is 0 Å². The Bertz CT molecular complexity index is 220. The van der Waals surface area contributed by atoms with E-state index in [1.165, 1.54) is 0 Å². The van der Waals surface area contributed by atoms with E-state index in [0.29, 0.717) is 24.5 Å². The Morgan fingerprint density at radius 1 is 1.73 bits per heavy atom. The minimum atomic E-state index is 0.0238. The SMILES string of the molecule is O=C(CCCCl)c1ncc[nH]1. The number of aromatic nitrogens is 2. The molecule has 0 fully saturated rings. The summed E-state index contributed by atoms with van der Waals surface area (Å²) in [6.45, 7) is 0. The molecule has 0 saturated carbocycles. The summed E-state index contributed by atoms with van der Waals surface area (Å²) in [7, 11) is 0.